The summed E-state index contributed by atoms with van der Waals surface area (Å²) in [6.45, 7) is 1.94. The number of aryl methyl sites for hydroxylation is 1. The number of nitrogens with zero attached hydrogens (tertiary/aromatic N) is 1. The molecule has 0 amide bonds. The summed E-state index contributed by atoms with van der Waals surface area (Å²) < 4.78 is 13.3. The first-order chi connectivity index (χ1) is 8.60. The lowest BCUT2D eigenvalue weighted by Crippen LogP contribution is -1.89. The van der Waals surface area contributed by atoms with Crippen LogP contribution in [-0.4, -0.2) is 0 Å². The molecule has 0 saturated heterocycles. The van der Waals surface area contributed by atoms with Crippen LogP contribution < -0.4 is 0 Å². The van der Waals surface area contributed by atoms with E-state index < -0.39 is 0 Å². The average Bonchev–Trinajstić information content (AvgIpc) is 2.28. The Hall–Kier alpha value is -1.85. The van der Waals surface area contributed by atoms with E-state index in [0.717, 1.165) is 22.3 Å². The number of benzene rings is 2. The van der Waals surface area contributed by atoms with Gasteiger partial charge in [-0.05, 0) is 47.4 Å². The SMILES string of the molecule is Cc1cc(CC#N)ccc1-c1cc(F)cc(Cl)c1. The zero-order valence-corrected chi connectivity index (χ0v) is 10.6. The topological polar surface area (TPSA) is 23.8 Å². The summed E-state index contributed by atoms with van der Waals surface area (Å²) in [5.74, 6) is -0.349. The molecule has 0 N–H and O–H groups in total. The molecule has 2 rings (SSSR count). The lowest BCUT2D eigenvalue weighted by molar-refractivity contribution is 0.628. The van der Waals surface area contributed by atoms with Gasteiger partial charge in [-0.1, -0.05) is 29.8 Å². The molecule has 90 valence electrons. The Balaban J connectivity index is 2.48. The van der Waals surface area contributed by atoms with Crippen molar-refractivity contribution in [1.29, 1.82) is 5.26 Å². The summed E-state index contributed by atoms with van der Waals surface area (Å²) in [4.78, 5) is 0. The standard InChI is InChI=1S/C15H11ClFN/c1-10-6-11(4-5-18)2-3-15(10)12-7-13(16)9-14(17)8-12/h2-3,6-9H,4H2,1H3. The van der Waals surface area contributed by atoms with Gasteiger partial charge in [-0.15, -0.1) is 0 Å². The lowest BCUT2D eigenvalue weighted by atomic mass is 9.97. The molecular weight excluding hydrogens is 249 g/mol. The number of nitriles is 1. The normalized spacial score (nSPS) is 10.1. The highest BCUT2D eigenvalue weighted by atomic mass is 35.5. The van der Waals surface area contributed by atoms with Crippen molar-refractivity contribution < 1.29 is 4.39 Å². The van der Waals surface area contributed by atoms with Crippen molar-refractivity contribution >= 4 is 11.6 Å². The monoisotopic (exact) mass is 259 g/mol. The summed E-state index contributed by atoms with van der Waals surface area (Å²) >= 11 is 5.85. The third-order valence-electron chi connectivity index (χ3n) is 2.75. The van der Waals surface area contributed by atoms with E-state index >= 15 is 0 Å². The Labute approximate surface area is 110 Å². The molecule has 0 spiro atoms. The molecule has 2 aromatic carbocycles. The van der Waals surface area contributed by atoms with Crippen LogP contribution in [0, 0.1) is 24.1 Å². The minimum Gasteiger partial charge on any atom is -0.207 e. The number of hydrogen-bond donors (Lipinski definition) is 0. The number of hydrogen-bond acceptors (Lipinski definition) is 1. The summed E-state index contributed by atoms with van der Waals surface area (Å²) in [6.07, 6.45) is 0.380. The van der Waals surface area contributed by atoms with Gasteiger partial charge >= 0.3 is 0 Å². The number of rotatable bonds is 2. The molecule has 0 aliphatic heterocycles. The first-order valence-corrected chi connectivity index (χ1v) is 5.91. The van der Waals surface area contributed by atoms with Crippen LogP contribution in [0.1, 0.15) is 11.1 Å². The molecule has 0 atom stereocenters. The molecule has 3 heteroatoms. The van der Waals surface area contributed by atoms with Gasteiger partial charge in [0.2, 0.25) is 0 Å². The van der Waals surface area contributed by atoms with Gasteiger partial charge in [0.05, 0.1) is 12.5 Å². The zero-order chi connectivity index (χ0) is 13.1. The second-order valence-electron chi connectivity index (χ2n) is 4.14. The van der Waals surface area contributed by atoms with E-state index in [4.69, 9.17) is 16.9 Å². The number of halogens is 2. The Bertz CT molecular complexity index is 609. The average molecular weight is 260 g/mol. The molecule has 0 aliphatic carbocycles. The maximum Gasteiger partial charge on any atom is 0.125 e. The van der Waals surface area contributed by atoms with E-state index in [1.165, 1.54) is 12.1 Å². The van der Waals surface area contributed by atoms with E-state index in [2.05, 4.69) is 6.07 Å². The maximum atomic E-state index is 13.3. The quantitative estimate of drug-likeness (QED) is 0.778. The second-order valence-corrected chi connectivity index (χ2v) is 4.58. The maximum absolute atomic E-state index is 13.3. The van der Waals surface area contributed by atoms with Crippen molar-refractivity contribution in [3.05, 3.63) is 58.4 Å². The molecule has 2 aromatic rings. The Morgan fingerprint density at radius 3 is 2.61 bits per heavy atom. The minimum absolute atomic E-state index is 0.349. The molecule has 0 aliphatic rings. The van der Waals surface area contributed by atoms with Gasteiger partial charge in [-0.2, -0.15) is 5.26 Å². The minimum atomic E-state index is -0.349. The third-order valence-corrected chi connectivity index (χ3v) is 2.97. The van der Waals surface area contributed by atoms with Crippen LogP contribution in [0.2, 0.25) is 5.02 Å². The van der Waals surface area contributed by atoms with Crippen LogP contribution in [0.4, 0.5) is 4.39 Å². The van der Waals surface area contributed by atoms with Gasteiger partial charge in [-0.25, -0.2) is 4.39 Å². The molecule has 0 unspecified atom stereocenters. The van der Waals surface area contributed by atoms with Gasteiger partial charge in [-0.3, -0.25) is 0 Å². The summed E-state index contributed by atoms with van der Waals surface area (Å²) in [7, 11) is 0. The van der Waals surface area contributed by atoms with Crippen LogP contribution >= 0.6 is 11.6 Å². The van der Waals surface area contributed by atoms with Crippen LogP contribution in [0.3, 0.4) is 0 Å². The highest BCUT2D eigenvalue weighted by Gasteiger charge is 2.06. The third kappa shape index (κ3) is 2.69. The van der Waals surface area contributed by atoms with Crippen molar-refractivity contribution in [3.8, 4) is 17.2 Å². The van der Waals surface area contributed by atoms with E-state index in [9.17, 15) is 4.39 Å². The summed E-state index contributed by atoms with van der Waals surface area (Å²) in [5, 5.41) is 9.03. The van der Waals surface area contributed by atoms with Gasteiger partial charge in [0.25, 0.3) is 0 Å². The lowest BCUT2D eigenvalue weighted by Gasteiger charge is -2.08. The van der Waals surface area contributed by atoms with E-state index in [1.54, 1.807) is 6.07 Å². The van der Waals surface area contributed by atoms with Crippen LogP contribution in [0.25, 0.3) is 11.1 Å². The van der Waals surface area contributed by atoms with Crippen molar-refractivity contribution in [1.82, 2.24) is 0 Å². The van der Waals surface area contributed by atoms with E-state index in [1.807, 2.05) is 25.1 Å². The van der Waals surface area contributed by atoms with Crippen molar-refractivity contribution in [2.45, 2.75) is 13.3 Å². The van der Waals surface area contributed by atoms with Crippen LogP contribution in [0.5, 0.6) is 0 Å². The molecule has 0 fully saturated rings. The van der Waals surface area contributed by atoms with Crippen molar-refractivity contribution in [2.24, 2.45) is 0 Å². The van der Waals surface area contributed by atoms with Crippen molar-refractivity contribution in [3.63, 3.8) is 0 Å². The smallest absolute Gasteiger partial charge is 0.125 e. The molecule has 0 radical (unpaired) electrons. The van der Waals surface area contributed by atoms with Crippen LogP contribution in [0.15, 0.2) is 36.4 Å². The largest absolute Gasteiger partial charge is 0.207 e. The molecular formula is C15H11ClFN. The van der Waals surface area contributed by atoms with E-state index in [-0.39, 0.29) is 5.82 Å². The molecule has 0 aromatic heterocycles. The molecule has 1 nitrogen and oxygen atoms in total. The van der Waals surface area contributed by atoms with Gasteiger partial charge in [0.15, 0.2) is 0 Å². The molecule has 0 saturated carbocycles. The first kappa shape index (κ1) is 12.6. The highest BCUT2D eigenvalue weighted by Crippen LogP contribution is 2.27. The van der Waals surface area contributed by atoms with E-state index in [0.29, 0.717) is 11.4 Å². The summed E-state index contributed by atoms with van der Waals surface area (Å²) in [5.41, 5.74) is 3.64. The Morgan fingerprint density at radius 2 is 2.00 bits per heavy atom. The van der Waals surface area contributed by atoms with Gasteiger partial charge in [0, 0.05) is 5.02 Å². The predicted octanol–water partition coefficient (Wildman–Crippen LogP) is 4.52. The van der Waals surface area contributed by atoms with Gasteiger partial charge in [0.1, 0.15) is 5.82 Å². The molecule has 18 heavy (non-hydrogen) atoms. The second kappa shape index (κ2) is 5.20. The molecule has 0 bridgehead atoms. The van der Waals surface area contributed by atoms with Crippen LogP contribution in [-0.2, 0) is 6.42 Å². The molecule has 0 heterocycles. The summed E-state index contributed by atoms with van der Waals surface area (Å²) in [6, 6.07) is 12.3. The fourth-order valence-corrected chi connectivity index (χ4v) is 2.18. The predicted molar refractivity (Wildman–Crippen MR) is 70.9 cm³/mol. The zero-order valence-electron chi connectivity index (χ0n) is 9.87. The van der Waals surface area contributed by atoms with Crippen molar-refractivity contribution in [2.75, 3.05) is 0 Å². The Morgan fingerprint density at radius 1 is 1.22 bits per heavy atom. The first-order valence-electron chi connectivity index (χ1n) is 5.53. The van der Waals surface area contributed by atoms with Gasteiger partial charge < -0.3 is 0 Å². The fraction of sp³-hybridized carbons (Fsp3) is 0.133. The fourth-order valence-electron chi connectivity index (χ4n) is 1.96. The highest BCUT2D eigenvalue weighted by molar-refractivity contribution is 6.30. The Kier molecular flexibility index (Phi) is 3.64.